The molecule has 1 fully saturated rings. The number of nitrogens with one attached hydrogen (secondary N) is 2. The van der Waals surface area contributed by atoms with Gasteiger partial charge in [-0.2, -0.15) is 0 Å². The number of ether oxygens (including phenoxy) is 1. The molecule has 0 spiro atoms. The van der Waals surface area contributed by atoms with Crippen molar-refractivity contribution in [1.29, 1.82) is 0 Å². The highest BCUT2D eigenvalue weighted by atomic mass is 32.2. The van der Waals surface area contributed by atoms with Gasteiger partial charge in [-0.05, 0) is 43.2 Å². The molecule has 0 atom stereocenters. The number of nitrogens with zero attached hydrogens (tertiary/aromatic N) is 2. The van der Waals surface area contributed by atoms with E-state index in [4.69, 9.17) is 4.74 Å². The summed E-state index contributed by atoms with van der Waals surface area (Å²) in [5.41, 5.74) is -0.0366. The molecule has 1 saturated heterocycles. The Morgan fingerprint density at radius 2 is 1.76 bits per heavy atom. The Hall–Kier alpha value is -3.67. The molecule has 0 radical (unpaired) electrons. The van der Waals surface area contributed by atoms with Gasteiger partial charge < -0.3 is 15.0 Å². The average molecular weight is 477 g/mol. The van der Waals surface area contributed by atoms with Crippen molar-refractivity contribution in [3.63, 3.8) is 0 Å². The molecule has 11 nitrogen and oxygen atoms in total. The van der Waals surface area contributed by atoms with Gasteiger partial charge in [-0.25, -0.2) is 8.42 Å². The maximum absolute atomic E-state index is 12.8. The summed E-state index contributed by atoms with van der Waals surface area (Å²) in [4.78, 5) is 35.9. The van der Waals surface area contributed by atoms with Crippen LogP contribution in [0.3, 0.4) is 0 Å². The normalized spacial score (nSPS) is 14.4. The molecule has 0 unspecified atom stereocenters. The first-order chi connectivity index (χ1) is 15.6. The van der Waals surface area contributed by atoms with E-state index in [-0.39, 0.29) is 39.9 Å². The summed E-state index contributed by atoms with van der Waals surface area (Å²) in [5, 5.41) is 13.9. The molecule has 12 heteroatoms. The number of amides is 2. The highest BCUT2D eigenvalue weighted by Crippen LogP contribution is 2.31. The monoisotopic (exact) mass is 476 g/mol. The topological polar surface area (TPSA) is 148 Å². The Bertz CT molecular complexity index is 1160. The van der Waals surface area contributed by atoms with Gasteiger partial charge in [0, 0.05) is 43.8 Å². The van der Waals surface area contributed by atoms with Crippen molar-refractivity contribution in [1.82, 2.24) is 10.2 Å². The van der Waals surface area contributed by atoms with Gasteiger partial charge in [0.1, 0.15) is 5.75 Å². The molecule has 1 aliphatic rings. The minimum Gasteiger partial charge on any atom is -0.495 e. The van der Waals surface area contributed by atoms with Gasteiger partial charge in [-0.3, -0.25) is 24.4 Å². The van der Waals surface area contributed by atoms with E-state index in [1.54, 1.807) is 4.90 Å². The fourth-order valence-electron chi connectivity index (χ4n) is 3.57. The second-order valence-corrected chi connectivity index (χ2v) is 9.22. The van der Waals surface area contributed by atoms with Crippen molar-refractivity contribution >= 4 is 33.2 Å². The zero-order chi connectivity index (χ0) is 24.2. The van der Waals surface area contributed by atoms with Crippen LogP contribution in [-0.2, 0) is 14.8 Å². The number of methoxy groups -OCH3 is 1. The molecular formula is C21H24N4O7S. The van der Waals surface area contributed by atoms with E-state index in [0.29, 0.717) is 31.5 Å². The predicted molar refractivity (Wildman–Crippen MR) is 120 cm³/mol. The SMILES string of the molecule is COc1ccc([N+](=O)[O-])cc1NS(=O)(=O)c1ccc(C(=O)N2CCC(NC(C)=O)CC2)cc1. The van der Waals surface area contributed by atoms with Crippen LogP contribution in [0.1, 0.15) is 30.1 Å². The maximum Gasteiger partial charge on any atom is 0.271 e. The fraction of sp³-hybridized carbons (Fsp3) is 0.333. The summed E-state index contributed by atoms with van der Waals surface area (Å²) in [6, 6.07) is 9.04. The van der Waals surface area contributed by atoms with Crippen molar-refractivity contribution in [2.24, 2.45) is 0 Å². The van der Waals surface area contributed by atoms with Crippen molar-refractivity contribution in [2.45, 2.75) is 30.7 Å². The largest absolute Gasteiger partial charge is 0.495 e. The Labute approximate surface area is 190 Å². The summed E-state index contributed by atoms with van der Waals surface area (Å²) in [5.74, 6) is -0.208. The molecule has 2 N–H and O–H groups in total. The number of likely N-dealkylation sites (tertiary alicyclic amines) is 1. The van der Waals surface area contributed by atoms with Crippen molar-refractivity contribution < 1.29 is 27.7 Å². The number of carbonyl (C=O) groups excluding carboxylic acids is 2. The lowest BCUT2D eigenvalue weighted by Crippen LogP contribution is -2.46. The van der Waals surface area contributed by atoms with E-state index < -0.39 is 14.9 Å². The lowest BCUT2D eigenvalue weighted by Gasteiger charge is -2.32. The summed E-state index contributed by atoms with van der Waals surface area (Å²) >= 11 is 0. The van der Waals surface area contributed by atoms with Gasteiger partial charge in [0.15, 0.2) is 0 Å². The second kappa shape index (κ2) is 9.86. The number of sulfonamides is 1. The number of non-ortho nitro benzene ring substituents is 1. The first-order valence-corrected chi connectivity index (χ1v) is 11.6. The second-order valence-electron chi connectivity index (χ2n) is 7.54. The maximum atomic E-state index is 12.8. The molecule has 0 saturated carbocycles. The number of rotatable bonds is 7. The van der Waals surface area contributed by atoms with E-state index in [9.17, 15) is 28.1 Å². The van der Waals surface area contributed by atoms with Crippen molar-refractivity contribution in [2.75, 3.05) is 24.9 Å². The summed E-state index contributed by atoms with van der Waals surface area (Å²) < 4.78 is 33.0. The first kappa shape index (κ1) is 24.0. The van der Waals surface area contributed by atoms with Crippen LogP contribution in [0.15, 0.2) is 47.4 Å². The van der Waals surface area contributed by atoms with Crippen LogP contribution in [0, 0.1) is 10.1 Å². The predicted octanol–water partition coefficient (Wildman–Crippen LogP) is 2.14. The van der Waals surface area contributed by atoms with Crippen LogP contribution >= 0.6 is 0 Å². The number of hydrogen-bond acceptors (Lipinski definition) is 7. The number of hydrogen-bond donors (Lipinski definition) is 2. The van der Waals surface area contributed by atoms with E-state index in [1.165, 1.54) is 50.4 Å². The Morgan fingerprint density at radius 1 is 1.12 bits per heavy atom. The number of piperidine rings is 1. The highest BCUT2D eigenvalue weighted by Gasteiger charge is 2.25. The van der Waals surface area contributed by atoms with Crippen LogP contribution in [0.4, 0.5) is 11.4 Å². The number of nitro groups is 1. The van der Waals surface area contributed by atoms with E-state index in [2.05, 4.69) is 10.0 Å². The summed E-state index contributed by atoms with van der Waals surface area (Å²) in [7, 11) is -2.77. The third-order valence-electron chi connectivity index (χ3n) is 5.24. The van der Waals surface area contributed by atoms with Crippen LogP contribution in [0.25, 0.3) is 0 Å². The lowest BCUT2D eigenvalue weighted by atomic mass is 10.0. The van der Waals surface area contributed by atoms with Gasteiger partial charge in [0.05, 0.1) is 22.6 Å². The fourth-order valence-corrected chi connectivity index (χ4v) is 4.63. The Kier molecular flexibility index (Phi) is 7.16. The Morgan fingerprint density at radius 3 is 2.30 bits per heavy atom. The number of anilines is 1. The lowest BCUT2D eigenvalue weighted by molar-refractivity contribution is -0.384. The van der Waals surface area contributed by atoms with Gasteiger partial charge in [0.2, 0.25) is 5.91 Å². The van der Waals surface area contributed by atoms with E-state index in [1.807, 2.05) is 0 Å². The van der Waals surface area contributed by atoms with Crippen LogP contribution in [0.5, 0.6) is 5.75 Å². The molecule has 33 heavy (non-hydrogen) atoms. The van der Waals surface area contributed by atoms with Gasteiger partial charge in [-0.1, -0.05) is 0 Å². The number of nitro benzene ring substituents is 1. The zero-order valence-corrected chi connectivity index (χ0v) is 18.9. The van der Waals surface area contributed by atoms with Crippen molar-refractivity contribution in [3.05, 3.63) is 58.1 Å². The molecule has 2 amide bonds. The molecule has 2 aromatic carbocycles. The number of benzene rings is 2. The molecule has 1 heterocycles. The van der Waals surface area contributed by atoms with Crippen LogP contribution in [-0.4, -0.2) is 56.3 Å². The number of carbonyl (C=O) groups is 2. The summed E-state index contributed by atoms with van der Waals surface area (Å²) in [6.07, 6.45) is 1.29. The molecule has 0 bridgehead atoms. The summed E-state index contributed by atoms with van der Waals surface area (Å²) in [6.45, 7) is 2.42. The van der Waals surface area contributed by atoms with Gasteiger partial charge in [0.25, 0.3) is 21.6 Å². The molecular weight excluding hydrogens is 452 g/mol. The molecule has 0 aliphatic carbocycles. The van der Waals surface area contributed by atoms with E-state index in [0.717, 1.165) is 6.07 Å². The van der Waals surface area contributed by atoms with Crippen LogP contribution < -0.4 is 14.8 Å². The minimum atomic E-state index is -4.09. The average Bonchev–Trinajstić information content (AvgIpc) is 2.78. The third kappa shape index (κ3) is 5.77. The highest BCUT2D eigenvalue weighted by molar-refractivity contribution is 7.92. The first-order valence-electron chi connectivity index (χ1n) is 10.1. The minimum absolute atomic E-state index is 0.0379. The Balaban J connectivity index is 1.72. The quantitative estimate of drug-likeness (QED) is 0.459. The van der Waals surface area contributed by atoms with Crippen molar-refractivity contribution in [3.8, 4) is 5.75 Å². The molecule has 3 rings (SSSR count). The van der Waals surface area contributed by atoms with Crippen LogP contribution in [0.2, 0.25) is 0 Å². The molecule has 176 valence electrons. The standard InChI is InChI=1S/C21H24N4O7S/c1-14(26)22-16-9-11-24(12-10-16)21(27)15-3-6-18(7-4-15)33(30,31)23-19-13-17(25(28)29)5-8-20(19)32-2/h3-8,13,16,23H,9-12H2,1-2H3,(H,22,26). The molecule has 0 aromatic heterocycles. The smallest absolute Gasteiger partial charge is 0.271 e. The van der Waals surface area contributed by atoms with Gasteiger partial charge >= 0.3 is 0 Å². The third-order valence-corrected chi connectivity index (χ3v) is 6.62. The zero-order valence-electron chi connectivity index (χ0n) is 18.1. The molecule has 1 aliphatic heterocycles. The van der Waals surface area contributed by atoms with E-state index >= 15 is 0 Å². The molecule has 2 aromatic rings. The van der Waals surface area contributed by atoms with Gasteiger partial charge in [-0.15, -0.1) is 0 Å².